The molecule has 0 saturated carbocycles. The molecule has 0 fully saturated rings. The Balaban J connectivity index is 0.00000180. The number of hydrogen-bond acceptors (Lipinski definition) is 4. The zero-order valence-corrected chi connectivity index (χ0v) is 12.4. The van der Waals surface area contributed by atoms with Crippen LogP contribution in [0.15, 0.2) is 34.6 Å². The molecule has 19 heavy (non-hydrogen) atoms. The monoisotopic (exact) mass is 337 g/mol. The molecule has 0 spiro atoms. The van der Waals surface area contributed by atoms with Crippen LogP contribution in [0, 0.1) is 11.3 Å². The SMILES string of the molecule is Br.N#CCc1ccc(-c2csc(N=C(N)N)n2)cc1. The second-order valence-electron chi connectivity index (χ2n) is 3.58. The maximum atomic E-state index is 8.59. The van der Waals surface area contributed by atoms with E-state index in [-0.39, 0.29) is 22.9 Å². The maximum absolute atomic E-state index is 8.59. The van der Waals surface area contributed by atoms with Crippen LogP contribution in [0.2, 0.25) is 0 Å². The summed E-state index contributed by atoms with van der Waals surface area (Å²) in [7, 11) is 0. The van der Waals surface area contributed by atoms with Gasteiger partial charge in [-0.25, -0.2) is 4.98 Å². The third-order valence-electron chi connectivity index (χ3n) is 2.25. The molecule has 0 saturated heterocycles. The minimum absolute atomic E-state index is 0. The second-order valence-corrected chi connectivity index (χ2v) is 4.42. The summed E-state index contributed by atoms with van der Waals surface area (Å²) < 4.78 is 0. The van der Waals surface area contributed by atoms with Gasteiger partial charge in [-0.05, 0) is 5.56 Å². The van der Waals surface area contributed by atoms with Crippen molar-refractivity contribution in [3.05, 3.63) is 35.2 Å². The molecular formula is C12H12BrN5S. The molecule has 0 unspecified atom stereocenters. The first kappa shape index (κ1) is 15.1. The lowest BCUT2D eigenvalue weighted by Crippen LogP contribution is -2.21. The standard InChI is InChI=1S/C12H11N5S.BrH/c13-6-5-8-1-3-9(4-2-8)10-7-18-12(16-10)17-11(14)15;/h1-4,7H,5H2,(H4,14,15,16,17);1H. The smallest absolute Gasteiger partial charge is 0.212 e. The second kappa shape index (κ2) is 6.87. The Labute approximate surface area is 125 Å². The average molecular weight is 338 g/mol. The quantitative estimate of drug-likeness (QED) is 0.662. The van der Waals surface area contributed by atoms with E-state index in [2.05, 4.69) is 16.0 Å². The Bertz CT molecular complexity index is 608. The molecule has 1 heterocycles. The fraction of sp³-hybridized carbons (Fsp3) is 0.0833. The van der Waals surface area contributed by atoms with Crippen LogP contribution in [0.25, 0.3) is 11.3 Å². The number of nitrogens with two attached hydrogens (primary N) is 2. The van der Waals surface area contributed by atoms with Gasteiger partial charge in [-0.3, -0.25) is 0 Å². The molecule has 0 aliphatic heterocycles. The van der Waals surface area contributed by atoms with E-state index in [0.717, 1.165) is 16.8 Å². The maximum Gasteiger partial charge on any atom is 0.212 e. The molecule has 0 atom stereocenters. The van der Waals surface area contributed by atoms with E-state index in [1.807, 2.05) is 29.6 Å². The molecule has 0 amide bonds. The first-order valence-corrected chi connectivity index (χ1v) is 6.08. The normalized spacial score (nSPS) is 9.21. The van der Waals surface area contributed by atoms with Crippen molar-refractivity contribution in [3.8, 4) is 17.3 Å². The predicted octanol–water partition coefficient (Wildman–Crippen LogP) is 2.36. The predicted molar refractivity (Wildman–Crippen MR) is 82.7 cm³/mol. The number of benzene rings is 1. The fourth-order valence-corrected chi connectivity index (χ4v) is 2.16. The van der Waals surface area contributed by atoms with E-state index in [4.69, 9.17) is 16.7 Å². The lowest BCUT2D eigenvalue weighted by Gasteiger charge is -1.98. The molecule has 2 aromatic rings. The van der Waals surface area contributed by atoms with Gasteiger partial charge in [-0.1, -0.05) is 24.3 Å². The largest absolute Gasteiger partial charge is 0.370 e. The average Bonchev–Trinajstić information content (AvgIpc) is 2.78. The molecule has 0 aliphatic rings. The van der Waals surface area contributed by atoms with Crippen LogP contribution in [0.4, 0.5) is 5.13 Å². The van der Waals surface area contributed by atoms with Gasteiger partial charge in [-0.15, -0.1) is 28.3 Å². The minimum atomic E-state index is 0. The van der Waals surface area contributed by atoms with Crippen molar-refractivity contribution >= 4 is 39.4 Å². The minimum Gasteiger partial charge on any atom is -0.370 e. The molecule has 1 aromatic heterocycles. The molecular weight excluding hydrogens is 326 g/mol. The van der Waals surface area contributed by atoms with Crippen molar-refractivity contribution < 1.29 is 0 Å². The molecule has 98 valence electrons. The number of halogens is 1. The van der Waals surface area contributed by atoms with Crippen molar-refractivity contribution in [2.45, 2.75) is 6.42 Å². The number of aliphatic imine (C=N–C) groups is 1. The van der Waals surface area contributed by atoms with Crippen molar-refractivity contribution in [2.24, 2.45) is 16.5 Å². The number of nitrogens with zero attached hydrogens (tertiary/aromatic N) is 3. The van der Waals surface area contributed by atoms with Crippen LogP contribution in [0.1, 0.15) is 5.56 Å². The summed E-state index contributed by atoms with van der Waals surface area (Å²) in [6, 6.07) is 9.80. The third-order valence-corrected chi connectivity index (χ3v) is 2.98. The number of nitriles is 1. The number of rotatable bonds is 3. The molecule has 2 rings (SSSR count). The van der Waals surface area contributed by atoms with Gasteiger partial charge in [0.15, 0.2) is 5.96 Å². The molecule has 0 aliphatic carbocycles. The van der Waals surface area contributed by atoms with Gasteiger partial charge in [-0.2, -0.15) is 10.3 Å². The van der Waals surface area contributed by atoms with Crippen molar-refractivity contribution in [1.29, 1.82) is 5.26 Å². The summed E-state index contributed by atoms with van der Waals surface area (Å²) in [4.78, 5) is 8.19. The first-order chi connectivity index (χ1) is 8.69. The third kappa shape index (κ3) is 4.05. The van der Waals surface area contributed by atoms with E-state index < -0.39 is 0 Å². The molecule has 4 N–H and O–H groups in total. The Morgan fingerprint density at radius 2 is 2.00 bits per heavy atom. The zero-order chi connectivity index (χ0) is 13.0. The van der Waals surface area contributed by atoms with Crippen molar-refractivity contribution in [3.63, 3.8) is 0 Å². The van der Waals surface area contributed by atoms with Crippen LogP contribution in [-0.4, -0.2) is 10.9 Å². The van der Waals surface area contributed by atoms with Gasteiger partial charge >= 0.3 is 0 Å². The lowest BCUT2D eigenvalue weighted by molar-refractivity contribution is 1.26. The van der Waals surface area contributed by atoms with Gasteiger partial charge in [0.25, 0.3) is 0 Å². The van der Waals surface area contributed by atoms with Crippen LogP contribution in [0.3, 0.4) is 0 Å². The molecule has 1 aromatic carbocycles. The summed E-state index contributed by atoms with van der Waals surface area (Å²) >= 11 is 1.38. The van der Waals surface area contributed by atoms with E-state index in [1.165, 1.54) is 11.3 Å². The van der Waals surface area contributed by atoms with Crippen LogP contribution in [-0.2, 0) is 6.42 Å². The molecule has 7 heteroatoms. The fourth-order valence-electron chi connectivity index (χ4n) is 1.44. The van der Waals surface area contributed by atoms with E-state index >= 15 is 0 Å². The summed E-state index contributed by atoms with van der Waals surface area (Å²) in [5.74, 6) is 0.000248. The summed E-state index contributed by atoms with van der Waals surface area (Å²) in [5, 5.41) is 11.0. The highest BCUT2D eigenvalue weighted by Gasteiger charge is 2.04. The molecule has 0 bridgehead atoms. The van der Waals surface area contributed by atoms with Crippen LogP contribution in [0.5, 0.6) is 0 Å². The van der Waals surface area contributed by atoms with Gasteiger partial charge in [0.05, 0.1) is 18.2 Å². The number of thiazole rings is 1. The van der Waals surface area contributed by atoms with E-state index in [9.17, 15) is 0 Å². The highest BCUT2D eigenvalue weighted by Crippen LogP contribution is 2.26. The molecule has 5 nitrogen and oxygen atoms in total. The first-order valence-electron chi connectivity index (χ1n) is 5.20. The van der Waals surface area contributed by atoms with Gasteiger partial charge < -0.3 is 11.5 Å². The Kier molecular flexibility index (Phi) is 5.48. The Morgan fingerprint density at radius 1 is 1.32 bits per heavy atom. The number of hydrogen-bond donors (Lipinski definition) is 2. The van der Waals surface area contributed by atoms with Crippen LogP contribution < -0.4 is 11.5 Å². The summed E-state index contributed by atoms with van der Waals surface area (Å²) in [6.07, 6.45) is 0.413. The van der Waals surface area contributed by atoms with Crippen molar-refractivity contribution in [1.82, 2.24) is 4.98 Å². The summed E-state index contributed by atoms with van der Waals surface area (Å²) in [5.41, 5.74) is 13.4. The van der Waals surface area contributed by atoms with E-state index in [0.29, 0.717) is 11.6 Å². The highest BCUT2D eigenvalue weighted by molar-refractivity contribution is 8.93. The lowest BCUT2D eigenvalue weighted by atomic mass is 10.1. The highest BCUT2D eigenvalue weighted by atomic mass is 79.9. The molecule has 0 radical (unpaired) electrons. The van der Waals surface area contributed by atoms with Gasteiger partial charge in [0.2, 0.25) is 5.13 Å². The summed E-state index contributed by atoms with van der Waals surface area (Å²) in [6.45, 7) is 0. The van der Waals surface area contributed by atoms with Crippen LogP contribution >= 0.6 is 28.3 Å². The number of aromatic nitrogens is 1. The Morgan fingerprint density at radius 3 is 2.58 bits per heavy atom. The number of guanidine groups is 1. The van der Waals surface area contributed by atoms with E-state index in [1.54, 1.807) is 0 Å². The Hall–Kier alpha value is -1.91. The van der Waals surface area contributed by atoms with Crippen molar-refractivity contribution in [2.75, 3.05) is 0 Å². The zero-order valence-electron chi connectivity index (χ0n) is 9.91. The topological polar surface area (TPSA) is 101 Å². The van der Waals surface area contributed by atoms with Gasteiger partial charge in [0.1, 0.15) is 0 Å². The van der Waals surface area contributed by atoms with Gasteiger partial charge in [0, 0.05) is 10.9 Å².